The number of rotatable bonds is 7. The molecule has 0 radical (unpaired) electrons. The van der Waals surface area contributed by atoms with Crippen molar-refractivity contribution in [1.82, 2.24) is 15.6 Å². The van der Waals surface area contributed by atoms with Crippen molar-refractivity contribution >= 4 is 50.7 Å². The average Bonchev–Trinajstić information content (AvgIpc) is 3.09. The first kappa shape index (κ1) is 23.2. The third kappa shape index (κ3) is 6.46. The normalized spacial score (nSPS) is 11.9. The number of fused-ring (bicyclic) bond motifs is 1. The Bertz CT molecular complexity index is 1060. The number of sulfone groups is 1. The number of aliphatic imine (C=N–C) groups is 1. The van der Waals surface area contributed by atoms with E-state index in [1.54, 1.807) is 24.3 Å². The van der Waals surface area contributed by atoms with Gasteiger partial charge in [-0.25, -0.2) is 13.4 Å². The summed E-state index contributed by atoms with van der Waals surface area (Å²) in [6.07, 6.45) is 4.15. The second kappa shape index (κ2) is 10.6. The highest BCUT2D eigenvalue weighted by Gasteiger charge is 2.06. The predicted octanol–water partition coefficient (Wildman–Crippen LogP) is 3.49. The van der Waals surface area contributed by atoms with Gasteiger partial charge in [-0.2, -0.15) is 0 Å². The molecule has 0 spiro atoms. The molecule has 8 heteroatoms. The maximum Gasteiger partial charge on any atom is 0.191 e. The molecule has 0 saturated carbocycles. The maximum absolute atomic E-state index is 11.5. The second-order valence-electron chi connectivity index (χ2n) is 6.65. The molecule has 0 fully saturated rings. The van der Waals surface area contributed by atoms with E-state index in [4.69, 9.17) is 0 Å². The van der Waals surface area contributed by atoms with Crippen molar-refractivity contribution in [3.8, 4) is 0 Å². The van der Waals surface area contributed by atoms with Gasteiger partial charge in [-0.3, -0.25) is 0 Å². The number of para-hydroxylation sites is 1. The lowest BCUT2D eigenvalue weighted by molar-refractivity contribution is 0.602. The molecular formula is C21H27IN4O2S. The summed E-state index contributed by atoms with van der Waals surface area (Å²) < 4.78 is 23.1. The third-order valence-electron chi connectivity index (χ3n) is 4.48. The minimum atomic E-state index is -3.17. The number of aromatic amines is 1. The first-order valence-electron chi connectivity index (χ1n) is 9.33. The van der Waals surface area contributed by atoms with Crippen molar-refractivity contribution in [1.29, 1.82) is 0 Å². The Morgan fingerprint density at radius 2 is 1.79 bits per heavy atom. The van der Waals surface area contributed by atoms with Crippen LogP contribution in [0.1, 0.15) is 18.1 Å². The summed E-state index contributed by atoms with van der Waals surface area (Å²) in [5, 5.41) is 7.85. The Morgan fingerprint density at radius 1 is 1.07 bits per heavy atom. The van der Waals surface area contributed by atoms with Gasteiger partial charge >= 0.3 is 0 Å². The highest BCUT2D eigenvalue weighted by Crippen LogP contribution is 2.17. The van der Waals surface area contributed by atoms with Crippen LogP contribution >= 0.6 is 24.0 Å². The predicted molar refractivity (Wildman–Crippen MR) is 130 cm³/mol. The number of hydrogen-bond acceptors (Lipinski definition) is 3. The van der Waals surface area contributed by atoms with Crippen molar-refractivity contribution in [2.75, 3.05) is 19.3 Å². The van der Waals surface area contributed by atoms with Crippen molar-refractivity contribution in [3.63, 3.8) is 0 Å². The number of halogens is 1. The molecule has 0 unspecified atom stereocenters. The first-order valence-corrected chi connectivity index (χ1v) is 11.2. The van der Waals surface area contributed by atoms with Crippen molar-refractivity contribution in [2.24, 2.45) is 4.99 Å². The number of nitrogens with one attached hydrogen (secondary N) is 3. The molecule has 0 aliphatic carbocycles. The van der Waals surface area contributed by atoms with Crippen molar-refractivity contribution < 1.29 is 8.42 Å². The Balaban J connectivity index is 0.00000300. The molecule has 3 rings (SSSR count). The van der Waals surface area contributed by atoms with E-state index in [1.807, 2.05) is 19.1 Å². The highest BCUT2D eigenvalue weighted by atomic mass is 127. The smallest absolute Gasteiger partial charge is 0.191 e. The van der Waals surface area contributed by atoms with Crippen LogP contribution in [0, 0.1) is 0 Å². The van der Waals surface area contributed by atoms with Crippen LogP contribution in [0.2, 0.25) is 0 Å². The van der Waals surface area contributed by atoms with E-state index in [2.05, 4.69) is 38.9 Å². The fourth-order valence-corrected chi connectivity index (χ4v) is 3.64. The Hall–Kier alpha value is -2.07. The molecule has 0 aliphatic heterocycles. The molecule has 3 N–H and O–H groups in total. The summed E-state index contributed by atoms with van der Waals surface area (Å²) in [6, 6.07) is 15.1. The number of nitrogens with zero attached hydrogens (tertiary/aromatic N) is 1. The van der Waals surface area contributed by atoms with E-state index in [0.29, 0.717) is 11.4 Å². The number of benzene rings is 2. The van der Waals surface area contributed by atoms with E-state index in [0.717, 1.165) is 36.6 Å². The average molecular weight is 526 g/mol. The van der Waals surface area contributed by atoms with Crippen LogP contribution in [0.3, 0.4) is 0 Å². The molecule has 0 bridgehead atoms. The zero-order valence-corrected chi connectivity index (χ0v) is 19.8. The summed E-state index contributed by atoms with van der Waals surface area (Å²) in [5.74, 6) is 0.745. The largest absolute Gasteiger partial charge is 0.361 e. The molecule has 0 atom stereocenters. The van der Waals surface area contributed by atoms with Gasteiger partial charge in [0.1, 0.15) is 0 Å². The molecule has 3 aromatic rings. The molecule has 156 valence electrons. The molecule has 0 saturated heterocycles. The number of aromatic nitrogens is 1. The van der Waals surface area contributed by atoms with Crippen LogP contribution in [0.5, 0.6) is 0 Å². The van der Waals surface area contributed by atoms with E-state index < -0.39 is 9.84 Å². The molecule has 29 heavy (non-hydrogen) atoms. The highest BCUT2D eigenvalue weighted by molar-refractivity contribution is 14.0. The van der Waals surface area contributed by atoms with Crippen LogP contribution < -0.4 is 10.6 Å². The van der Waals surface area contributed by atoms with Gasteiger partial charge in [0.25, 0.3) is 0 Å². The minimum Gasteiger partial charge on any atom is -0.361 e. The summed E-state index contributed by atoms with van der Waals surface area (Å²) in [6.45, 7) is 4.04. The lowest BCUT2D eigenvalue weighted by atomic mass is 10.1. The number of guanidine groups is 1. The van der Waals surface area contributed by atoms with Gasteiger partial charge in [-0.15, -0.1) is 24.0 Å². The lowest BCUT2D eigenvalue weighted by Gasteiger charge is -2.11. The monoisotopic (exact) mass is 526 g/mol. The number of hydrogen-bond donors (Lipinski definition) is 3. The summed E-state index contributed by atoms with van der Waals surface area (Å²) in [7, 11) is -3.17. The second-order valence-corrected chi connectivity index (χ2v) is 8.66. The Labute approximate surface area is 189 Å². The van der Waals surface area contributed by atoms with Crippen molar-refractivity contribution in [2.45, 2.75) is 24.8 Å². The topological polar surface area (TPSA) is 86.3 Å². The van der Waals surface area contributed by atoms with Crippen molar-refractivity contribution in [3.05, 3.63) is 65.9 Å². The summed E-state index contributed by atoms with van der Waals surface area (Å²) in [4.78, 5) is 8.21. The van der Waals surface area contributed by atoms with E-state index in [-0.39, 0.29) is 24.0 Å². The quantitative estimate of drug-likeness (QED) is 0.250. The molecule has 2 aromatic carbocycles. The molecule has 0 amide bonds. The van der Waals surface area contributed by atoms with E-state index in [9.17, 15) is 8.42 Å². The molecular weight excluding hydrogens is 499 g/mol. The van der Waals surface area contributed by atoms with Gasteiger partial charge in [0.05, 0.1) is 11.4 Å². The standard InChI is InChI=1S/C21H26N4O2S.HI/c1-3-22-21(25-14-16-8-10-18(11-9-16)28(2,26)27)23-13-12-17-15-24-20-7-5-4-6-19(17)20;/h4-11,15,24H,3,12-14H2,1-2H3,(H2,22,23,25);1H. The van der Waals surface area contributed by atoms with Gasteiger partial charge in [0, 0.05) is 36.4 Å². The Morgan fingerprint density at radius 3 is 2.48 bits per heavy atom. The van der Waals surface area contributed by atoms with Crippen LogP contribution in [-0.2, 0) is 22.8 Å². The fourth-order valence-electron chi connectivity index (χ4n) is 3.01. The molecule has 6 nitrogen and oxygen atoms in total. The van der Waals surface area contributed by atoms with Crippen LogP contribution in [0.15, 0.2) is 64.6 Å². The Kier molecular flexibility index (Phi) is 8.51. The van der Waals surface area contributed by atoms with Crippen LogP contribution in [-0.4, -0.2) is 38.7 Å². The maximum atomic E-state index is 11.5. The zero-order chi connectivity index (χ0) is 20.0. The zero-order valence-electron chi connectivity index (χ0n) is 16.6. The summed E-state index contributed by atoms with van der Waals surface area (Å²) in [5.41, 5.74) is 3.38. The lowest BCUT2D eigenvalue weighted by Crippen LogP contribution is -2.38. The van der Waals surface area contributed by atoms with Gasteiger partial charge in [-0.05, 0) is 42.7 Å². The summed E-state index contributed by atoms with van der Waals surface area (Å²) >= 11 is 0. The number of H-pyrrole nitrogens is 1. The van der Waals surface area contributed by atoms with E-state index >= 15 is 0 Å². The molecule has 1 aromatic heterocycles. The van der Waals surface area contributed by atoms with Gasteiger partial charge in [-0.1, -0.05) is 30.3 Å². The first-order chi connectivity index (χ1) is 13.5. The van der Waals surface area contributed by atoms with E-state index in [1.165, 1.54) is 17.2 Å². The van der Waals surface area contributed by atoms with Crippen LogP contribution in [0.25, 0.3) is 10.9 Å². The van der Waals surface area contributed by atoms with Gasteiger partial charge in [0.15, 0.2) is 15.8 Å². The minimum absolute atomic E-state index is 0. The molecule has 1 heterocycles. The van der Waals surface area contributed by atoms with Gasteiger partial charge < -0.3 is 15.6 Å². The molecule has 0 aliphatic rings. The van der Waals surface area contributed by atoms with Gasteiger partial charge in [0.2, 0.25) is 0 Å². The third-order valence-corrected chi connectivity index (χ3v) is 5.61. The van der Waals surface area contributed by atoms with Crippen LogP contribution in [0.4, 0.5) is 0 Å². The fraction of sp³-hybridized carbons (Fsp3) is 0.286. The SMILES string of the molecule is CCNC(=NCc1ccc(S(C)(=O)=O)cc1)NCCc1c[nH]c2ccccc12.I.